The molecule has 5 nitrogen and oxygen atoms in total. The van der Waals surface area contributed by atoms with Crippen molar-refractivity contribution in [2.24, 2.45) is 0 Å². The molecule has 1 saturated heterocycles. The van der Waals surface area contributed by atoms with E-state index in [4.69, 9.17) is 0 Å². The van der Waals surface area contributed by atoms with E-state index in [1.807, 2.05) is 11.8 Å². The third-order valence-electron chi connectivity index (χ3n) is 3.18. The molecular weight excluding hydrogens is 262 g/mol. The van der Waals surface area contributed by atoms with Crippen LogP contribution in [0.25, 0.3) is 0 Å². The average Bonchev–Trinajstić information content (AvgIpc) is 3.09. The van der Waals surface area contributed by atoms with Gasteiger partial charge in [-0.25, -0.2) is 4.98 Å². The molecule has 6 heteroatoms. The highest BCUT2D eigenvalue weighted by Gasteiger charge is 2.18. The molecule has 104 valence electrons. The summed E-state index contributed by atoms with van der Waals surface area (Å²) in [4.78, 5) is 30.6. The van der Waals surface area contributed by atoms with Gasteiger partial charge < -0.3 is 10.2 Å². The first-order chi connectivity index (χ1) is 9.20. The molecular formula is C13H19N3O2S. The lowest BCUT2D eigenvalue weighted by Gasteiger charge is -2.14. The van der Waals surface area contributed by atoms with Gasteiger partial charge in [0.2, 0.25) is 5.91 Å². The van der Waals surface area contributed by atoms with Crippen molar-refractivity contribution in [2.45, 2.75) is 32.6 Å². The Hall–Kier alpha value is -1.43. The molecule has 2 amide bonds. The van der Waals surface area contributed by atoms with Crippen molar-refractivity contribution >= 4 is 23.2 Å². The lowest BCUT2D eigenvalue weighted by atomic mass is 10.3. The molecule has 0 bridgehead atoms. The van der Waals surface area contributed by atoms with Crippen molar-refractivity contribution in [1.82, 2.24) is 15.2 Å². The number of likely N-dealkylation sites (tertiary alicyclic amines) is 1. The van der Waals surface area contributed by atoms with E-state index in [1.54, 1.807) is 6.20 Å². The number of amides is 2. The Morgan fingerprint density at radius 2 is 2.16 bits per heavy atom. The van der Waals surface area contributed by atoms with Gasteiger partial charge in [0.15, 0.2) is 5.01 Å². The van der Waals surface area contributed by atoms with Crippen LogP contribution in [0.1, 0.15) is 40.9 Å². The highest BCUT2D eigenvalue weighted by molar-refractivity contribution is 7.13. The molecule has 0 aromatic carbocycles. The summed E-state index contributed by atoms with van der Waals surface area (Å²) >= 11 is 1.41. The van der Waals surface area contributed by atoms with Crippen LogP contribution in [-0.4, -0.2) is 41.3 Å². The van der Waals surface area contributed by atoms with Gasteiger partial charge in [-0.1, -0.05) is 6.92 Å². The summed E-state index contributed by atoms with van der Waals surface area (Å²) in [5.74, 6) is -0.0508. The van der Waals surface area contributed by atoms with Crippen molar-refractivity contribution in [1.29, 1.82) is 0 Å². The van der Waals surface area contributed by atoms with Crippen LogP contribution in [-0.2, 0) is 11.2 Å². The summed E-state index contributed by atoms with van der Waals surface area (Å²) < 4.78 is 0. The highest BCUT2D eigenvalue weighted by atomic mass is 32.1. The first kappa shape index (κ1) is 14.0. The van der Waals surface area contributed by atoms with Crippen molar-refractivity contribution in [3.8, 4) is 0 Å². The van der Waals surface area contributed by atoms with Crippen LogP contribution >= 0.6 is 11.3 Å². The van der Waals surface area contributed by atoms with Crippen LogP contribution in [0.3, 0.4) is 0 Å². The summed E-state index contributed by atoms with van der Waals surface area (Å²) in [6.07, 6.45) is 5.18. The zero-order valence-electron chi connectivity index (χ0n) is 11.1. The number of rotatable bonds is 5. The molecule has 0 atom stereocenters. The molecule has 2 rings (SSSR count). The van der Waals surface area contributed by atoms with Gasteiger partial charge in [0.25, 0.3) is 5.91 Å². The Kier molecular flexibility index (Phi) is 4.90. The molecule has 1 aromatic heterocycles. The fraction of sp³-hybridized carbons (Fsp3) is 0.615. The zero-order valence-corrected chi connectivity index (χ0v) is 12.0. The molecule has 0 aliphatic carbocycles. The Morgan fingerprint density at radius 1 is 1.42 bits per heavy atom. The fourth-order valence-electron chi connectivity index (χ4n) is 2.06. The van der Waals surface area contributed by atoms with E-state index in [0.717, 1.165) is 37.2 Å². The van der Waals surface area contributed by atoms with Gasteiger partial charge in [-0.05, 0) is 19.3 Å². The van der Waals surface area contributed by atoms with Gasteiger partial charge in [-0.15, -0.1) is 11.3 Å². The summed E-state index contributed by atoms with van der Waals surface area (Å²) in [5.41, 5.74) is 0. The maximum atomic E-state index is 11.8. The highest BCUT2D eigenvalue weighted by Crippen LogP contribution is 2.13. The second kappa shape index (κ2) is 6.65. The minimum Gasteiger partial charge on any atom is -0.349 e. The normalized spacial score (nSPS) is 14.7. The molecule has 0 unspecified atom stereocenters. The SMILES string of the molecule is CCc1cnc(C(=O)NCCC(=O)N2CCCC2)s1. The van der Waals surface area contributed by atoms with Gasteiger partial charge in [-0.2, -0.15) is 0 Å². The molecule has 1 N–H and O–H groups in total. The molecule has 2 heterocycles. The van der Waals surface area contributed by atoms with E-state index in [0.29, 0.717) is 18.0 Å². The third kappa shape index (κ3) is 3.76. The van der Waals surface area contributed by atoms with Gasteiger partial charge >= 0.3 is 0 Å². The van der Waals surface area contributed by atoms with E-state index < -0.39 is 0 Å². The molecule has 1 aliphatic rings. The van der Waals surface area contributed by atoms with Crippen LogP contribution in [0.15, 0.2) is 6.20 Å². The molecule has 1 aromatic rings. The van der Waals surface area contributed by atoms with Gasteiger partial charge in [-0.3, -0.25) is 9.59 Å². The molecule has 19 heavy (non-hydrogen) atoms. The second-order valence-electron chi connectivity index (χ2n) is 4.58. The number of carbonyl (C=O) groups excluding carboxylic acids is 2. The Bertz CT molecular complexity index is 452. The minimum atomic E-state index is -0.182. The number of thiazole rings is 1. The fourth-order valence-corrected chi connectivity index (χ4v) is 2.83. The molecule has 1 aliphatic heterocycles. The monoisotopic (exact) mass is 281 g/mol. The van der Waals surface area contributed by atoms with E-state index >= 15 is 0 Å². The molecule has 1 fully saturated rings. The third-order valence-corrected chi connectivity index (χ3v) is 4.32. The van der Waals surface area contributed by atoms with E-state index in [-0.39, 0.29) is 11.8 Å². The lowest BCUT2D eigenvalue weighted by molar-refractivity contribution is -0.129. The number of carbonyl (C=O) groups is 2. The first-order valence-corrected chi connectivity index (χ1v) is 7.53. The van der Waals surface area contributed by atoms with Crippen molar-refractivity contribution in [3.63, 3.8) is 0 Å². The van der Waals surface area contributed by atoms with Gasteiger partial charge in [0.1, 0.15) is 0 Å². The van der Waals surface area contributed by atoms with Crippen molar-refractivity contribution in [3.05, 3.63) is 16.1 Å². The predicted molar refractivity (Wildman–Crippen MR) is 74.3 cm³/mol. The van der Waals surface area contributed by atoms with Crippen LogP contribution in [0, 0.1) is 0 Å². The number of nitrogens with zero attached hydrogens (tertiary/aromatic N) is 2. The van der Waals surface area contributed by atoms with E-state index in [1.165, 1.54) is 11.3 Å². The van der Waals surface area contributed by atoms with E-state index in [9.17, 15) is 9.59 Å². The Morgan fingerprint density at radius 3 is 2.79 bits per heavy atom. The summed E-state index contributed by atoms with van der Waals surface area (Å²) in [6.45, 7) is 4.14. The quantitative estimate of drug-likeness (QED) is 0.888. The zero-order chi connectivity index (χ0) is 13.7. The number of nitrogens with one attached hydrogen (secondary N) is 1. The van der Waals surface area contributed by atoms with Crippen LogP contribution in [0.4, 0.5) is 0 Å². The first-order valence-electron chi connectivity index (χ1n) is 6.71. The number of aryl methyl sites for hydroxylation is 1. The lowest BCUT2D eigenvalue weighted by Crippen LogP contribution is -2.32. The largest absolute Gasteiger partial charge is 0.349 e. The second-order valence-corrected chi connectivity index (χ2v) is 5.69. The average molecular weight is 281 g/mol. The van der Waals surface area contributed by atoms with Crippen LogP contribution in [0.2, 0.25) is 0 Å². The molecule has 0 spiro atoms. The molecule has 0 saturated carbocycles. The predicted octanol–water partition coefficient (Wildman–Crippen LogP) is 1.45. The smallest absolute Gasteiger partial charge is 0.280 e. The van der Waals surface area contributed by atoms with E-state index in [2.05, 4.69) is 10.3 Å². The summed E-state index contributed by atoms with van der Waals surface area (Å²) in [5, 5.41) is 3.23. The summed E-state index contributed by atoms with van der Waals surface area (Å²) in [6, 6.07) is 0. The topological polar surface area (TPSA) is 62.3 Å². The van der Waals surface area contributed by atoms with Crippen LogP contribution in [0.5, 0.6) is 0 Å². The Labute approximate surface area is 117 Å². The number of aromatic nitrogens is 1. The number of hydrogen-bond donors (Lipinski definition) is 1. The molecule has 0 radical (unpaired) electrons. The minimum absolute atomic E-state index is 0.131. The van der Waals surface area contributed by atoms with Gasteiger partial charge in [0.05, 0.1) is 0 Å². The Balaban J connectivity index is 1.72. The van der Waals surface area contributed by atoms with Crippen LogP contribution < -0.4 is 5.32 Å². The van der Waals surface area contributed by atoms with Crippen molar-refractivity contribution in [2.75, 3.05) is 19.6 Å². The van der Waals surface area contributed by atoms with Crippen molar-refractivity contribution < 1.29 is 9.59 Å². The maximum Gasteiger partial charge on any atom is 0.280 e. The number of hydrogen-bond acceptors (Lipinski definition) is 4. The van der Waals surface area contributed by atoms with Gasteiger partial charge in [0, 0.05) is 37.1 Å². The maximum absolute atomic E-state index is 11.8. The standard InChI is InChI=1S/C13H19N3O2S/c1-2-10-9-15-13(19-10)12(18)14-6-5-11(17)16-7-3-4-8-16/h9H,2-8H2,1H3,(H,14,18). The summed E-state index contributed by atoms with van der Waals surface area (Å²) in [7, 11) is 0.